The molecule has 3 saturated carbocycles. The van der Waals surface area contributed by atoms with Gasteiger partial charge in [-0.1, -0.05) is 25.5 Å². The minimum Gasteiger partial charge on any atom is -0.393 e. The van der Waals surface area contributed by atoms with Crippen molar-refractivity contribution in [3.8, 4) is 0 Å². The molecule has 0 aromatic carbocycles. The van der Waals surface area contributed by atoms with Gasteiger partial charge in [0.1, 0.15) is 0 Å². The predicted octanol–water partition coefficient (Wildman–Crippen LogP) is 1.61. The van der Waals surface area contributed by atoms with Crippen molar-refractivity contribution in [1.82, 2.24) is 0 Å². The maximum absolute atomic E-state index is 10.9. The van der Waals surface area contributed by atoms with Gasteiger partial charge in [-0.05, 0) is 67.1 Å². The SMILES string of the molecule is C[C@]12CC[C@H](O)CC1=C[C@@H](O)C1C2CC[C@@]2(C)C1C[C@@H](O)[C@@H]2O. The number of fused-ring (bicyclic) bond motifs is 5. The fraction of sp³-hybridized carbons (Fsp3) is 0.895. The minimum atomic E-state index is -0.674. The topological polar surface area (TPSA) is 80.9 Å². The Morgan fingerprint density at radius 2 is 1.74 bits per heavy atom. The lowest BCUT2D eigenvalue weighted by molar-refractivity contribution is -0.110. The largest absolute Gasteiger partial charge is 0.393 e. The third-order valence-electron chi connectivity index (χ3n) is 8.08. The van der Waals surface area contributed by atoms with Crippen LogP contribution in [0, 0.1) is 28.6 Å². The van der Waals surface area contributed by atoms with Gasteiger partial charge in [0.05, 0.1) is 24.4 Å². The molecule has 0 aliphatic heterocycles. The van der Waals surface area contributed by atoms with Crippen LogP contribution in [-0.4, -0.2) is 44.8 Å². The van der Waals surface area contributed by atoms with E-state index < -0.39 is 18.3 Å². The molecule has 0 radical (unpaired) electrons. The van der Waals surface area contributed by atoms with E-state index >= 15 is 0 Å². The summed E-state index contributed by atoms with van der Waals surface area (Å²) in [5, 5.41) is 41.6. The van der Waals surface area contributed by atoms with Gasteiger partial charge in [0, 0.05) is 0 Å². The van der Waals surface area contributed by atoms with Crippen LogP contribution in [0.25, 0.3) is 0 Å². The van der Waals surface area contributed by atoms with Crippen molar-refractivity contribution in [1.29, 1.82) is 0 Å². The number of hydrogen-bond acceptors (Lipinski definition) is 4. The maximum atomic E-state index is 10.9. The highest BCUT2D eigenvalue weighted by atomic mass is 16.3. The summed E-state index contributed by atoms with van der Waals surface area (Å²) in [7, 11) is 0. The molecule has 4 N–H and O–H groups in total. The molecule has 0 aromatic rings. The van der Waals surface area contributed by atoms with Crippen molar-refractivity contribution in [3.63, 3.8) is 0 Å². The summed E-state index contributed by atoms with van der Waals surface area (Å²) in [6.07, 6.45) is 4.85. The Bertz CT molecular complexity index is 531. The van der Waals surface area contributed by atoms with Gasteiger partial charge in [-0.15, -0.1) is 0 Å². The first-order valence-corrected chi connectivity index (χ1v) is 9.21. The van der Waals surface area contributed by atoms with E-state index in [4.69, 9.17) is 0 Å². The molecule has 130 valence electrons. The second-order valence-electron chi connectivity index (χ2n) is 9.08. The van der Waals surface area contributed by atoms with Crippen molar-refractivity contribution in [2.24, 2.45) is 28.6 Å². The van der Waals surface area contributed by atoms with E-state index in [1.165, 1.54) is 5.57 Å². The fourth-order valence-corrected chi connectivity index (χ4v) is 6.62. The Morgan fingerprint density at radius 3 is 2.48 bits per heavy atom. The van der Waals surface area contributed by atoms with Crippen LogP contribution in [0.5, 0.6) is 0 Å². The second-order valence-corrected chi connectivity index (χ2v) is 9.08. The molecule has 23 heavy (non-hydrogen) atoms. The minimum absolute atomic E-state index is 0.0585. The molecule has 0 spiro atoms. The summed E-state index contributed by atoms with van der Waals surface area (Å²) < 4.78 is 0. The van der Waals surface area contributed by atoms with Crippen LogP contribution in [0.2, 0.25) is 0 Å². The summed E-state index contributed by atoms with van der Waals surface area (Å²) in [6, 6.07) is 0. The molecule has 0 saturated heterocycles. The van der Waals surface area contributed by atoms with Gasteiger partial charge in [0.2, 0.25) is 0 Å². The van der Waals surface area contributed by atoms with Gasteiger partial charge >= 0.3 is 0 Å². The molecule has 9 atom stereocenters. The first-order valence-electron chi connectivity index (χ1n) is 9.21. The van der Waals surface area contributed by atoms with Gasteiger partial charge in [-0.25, -0.2) is 0 Å². The summed E-state index contributed by atoms with van der Waals surface area (Å²) in [6.45, 7) is 4.40. The van der Waals surface area contributed by atoms with Crippen LogP contribution >= 0.6 is 0 Å². The van der Waals surface area contributed by atoms with Crippen molar-refractivity contribution in [2.45, 2.75) is 76.8 Å². The molecule has 0 bridgehead atoms. The zero-order valence-electron chi connectivity index (χ0n) is 14.2. The molecule has 4 aliphatic rings. The van der Waals surface area contributed by atoms with Gasteiger partial charge in [-0.2, -0.15) is 0 Å². The van der Waals surface area contributed by atoms with E-state index in [0.717, 1.165) is 25.7 Å². The first-order chi connectivity index (χ1) is 10.8. The highest BCUT2D eigenvalue weighted by Crippen LogP contribution is 2.64. The second kappa shape index (κ2) is 5.04. The Labute approximate surface area is 138 Å². The third-order valence-corrected chi connectivity index (χ3v) is 8.08. The van der Waals surface area contributed by atoms with Crippen LogP contribution in [0.1, 0.15) is 52.4 Å². The van der Waals surface area contributed by atoms with E-state index in [1.807, 2.05) is 6.08 Å². The predicted molar refractivity (Wildman–Crippen MR) is 86.5 cm³/mol. The lowest BCUT2D eigenvalue weighted by atomic mass is 9.47. The number of aliphatic hydroxyl groups excluding tert-OH is 4. The molecule has 0 amide bonds. The van der Waals surface area contributed by atoms with Crippen molar-refractivity contribution < 1.29 is 20.4 Å². The molecule has 0 heterocycles. The van der Waals surface area contributed by atoms with Crippen LogP contribution in [0.3, 0.4) is 0 Å². The third kappa shape index (κ3) is 2.05. The van der Waals surface area contributed by atoms with Crippen LogP contribution in [-0.2, 0) is 0 Å². The average Bonchev–Trinajstić information content (AvgIpc) is 2.73. The smallest absolute Gasteiger partial charge is 0.0855 e. The Kier molecular flexibility index (Phi) is 3.52. The standard InChI is InChI=1S/C19H30O4/c1-18-5-3-11(20)7-10(18)8-14(21)16-12(18)4-6-19(2)13(16)9-15(22)17(19)23/h8,11-17,20-23H,3-7,9H2,1-2H3/t11-,12?,13?,14+,15+,16?,17-,18-,19-/m0/s1. The van der Waals surface area contributed by atoms with Gasteiger partial charge in [0.15, 0.2) is 0 Å². The quantitative estimate of drug-likeness (QED) is 0.511. The Balaban J connectivity index is 1.73. The zero-order chi connectivity index (χ0) is 16.6. The van der Waals surface area contributed by atoms with Crippen LogP contribution < -0.4 is 0 Å². The molecule has 3 fully saturated rings. The van der Waals surface area contributed by atoms with E-state index in [2.05, 4.69) is 13.8 Å². The summed E-state index contributed by atoms with van der Waals surface area (Å²) in [5.41, 5.74) is 1.01. The van der Waals surface area contributed by atoms with Gasteiger partial charge < -0.3 is 20.4 Å². The lowest BCUT2D eigenvalue weighted by Crippen LogP contribution is -2.55. The molecule has 4 heteroatoms. The van der Waals surface area contributed by atoms with Gasteiger partial charge in [-0.3, -0.25) is 0 Å². The highest BCUT2D eigenvalue weighted by Gasteiger charge is 2.62. The summed E-state index contributed by atoms with van der Waals surface area (Å²) in [4.78, 5) is 0. The zero-order valence-corrected chi connectivity index (χ0v) is 14.2. The molecular weight excluding hydrogens is 292 g/mol. The van der Waals surface area contributed by atoms with Crippen molar-refractivity contribution in [3.05, 3.63) is 11.6 Å². The fourth-order valence-electron chi connectivity index (χ4n) is 6.62. The van der Waals surface area contributed by atoms with Crippen LogP contribution in [0.15, 0.2) is 11.6 Å². The molecular formula is C19H30O4. The monoisotopic (exact) mass is 322 g/mol. The van der Waals surface area contributed by atoms with E-state index in [-0.39, 0.29) is 28.8 Å². The van der Waals surface area contributed by atoms with E-state index in [9.17, 15) is 20.4 Å². The molecule has 4 rings (SSSR count). The van der Waals surface area contributed by atoms with E-state index in [0.29, 0.717) is 18.8 Å². The average molecular weight is 322 g/mol. The summed E-state index contributed by atoms with van der Waals surface area (Å²) >= 11 is 0. The van der Waals surface area contributed by atoms with Gasteiger partial charge in [0.25, 0.3) is 0 Å². The summed E-state index contributed by atoms with van der Waals surface area (Å²) in [5.74, 6) is 0.674. The first kappa shape index (κ1) is 16.1. The highest BCUT2D eigenvalue weighted by molar-refractivity contribution is 5.28. The molecule has 3 unspecified atom stereocenters. The molecule has 4 aliphatic carbocycles. The maximum Gasteiger partial charge on any atom is 0.0855 e. The van der Waals surface area contributed by atoms with Crippen LogP contribution in [0.4, 0.5) is 0 Å². The number of rotatable bonds is 0. The van der Waals surface area contributed by atoms with Crippen molar-refractivity contribution >= 4 is 0 Å². The Hall–Kier alpha value is -0.420. The Morgan fingerprint density at radius 1 is 1.00 bits per heavy atom. The molecule has 4 nitrogen and oxygen atoms in total. The molecule has 0 aromatic heterocycles. The lowest BCUT2D eigenvalue weighted by Gasteiger charge is -2.58. The number of aliphatic hydroxyl groups is 4. The van der Waals surface area contributed by atoms with Crippen molar-refractivity contribution in [2.75, 3.05) is 0 Å². The van der Waals surface area contributed by atoms with E-state index in [1.54, 1.807) is 0 Å². The number of hydrogen-bond donors (Lipinski definition) is 4. The normalized spacial score (nSPS) is 58.9.